The molecule has 0 aliphatic heterocycles. The zero-order chi connectivity index (χ0) is 17.4. The van der Waals surface area contributed by atoms with Crippen LogP contribution < -0.4 is 0 Å². The smallest absolute Gasteiger partial charge is 0.198 e. The van der Waals surface area contributed by atoms with Crippen LogP contribution in [0.2, 0.25) is 0 Å². The van der Waals surface area contributed by atoms with E-state index in [1.54, 1.807) is 6.20 Å². The van der Waals surface area contributed by atoms with E-state index in [0.717, 1.165) is 33.4 Å². The molecule has 4 heteroatoms. The molecule has 0 saturated carbocycles. The molecule has 2 aromatic heterocycles. The first-order chi connectivity index (χ1) is 12.1. The highest BCUT2D eigenvalue weighted by molar-refractivity contribution is 7.71. The molecule has 0 atom stereocenters. The number of hydrogen-bond donors (Lipinski definition) is 1. The summed E-state index contributed by atoms with van der Waals surface area (Å²) in [6.45, 7) is 4.24. The summed E-state index contributed by atoms with van der Waals surface area (Å²) in [5.74, 6) is 0. The monoisotopic (exact) mass is 343 g/mol. The topological polar surface area (TPSA) is 41.6 Å². The average Bonchev–Trinajstić information content (AvgIpc) is 2.63. The summed E-state index contributed by atoms with van der Waals surface area (Å²) in [4.78, 5) is 12.2. The summed E-state index contributed by atoms with van der Waals surface area (Å²) in [6, 6.07) is 18.8. The second-order valence-electron chi connectivity index (χ2n) is 6.17. The van der Waals surface area contributed by atoms with E-state index >= 15 is 0 Å². The third kappa shape index (κ3) is 2.96. The second-order valence-corrected chi connectivity index (χ2v) is 6.56. The molecular weight excluding hydrogens is 326 g/mol. The van der Waals surface area contributed by atoms with E-state index in [0.29, 0.717) is 4.77 Å². The van der Waals surface area contributed by atoms with Crippen molar-refractivity contribution in [1.29, 1.82) is 0 Å². The fraction of sp³-hybridized carbons (Fsp3) is 0.0952. The minimum atomic E-state index is 0.441. The number of aryl methyl sites for hydroxylation is 2. The Bertz CT molecular complexity index is 1130. The predicted molar refractivity (Wildman–Crippen MR) is 105 cm³/mol. The molecule has 0 spiro atoms. The van der Waals surface area contributed by atoms with Gasteiger partial charge in [0.25, 0.3) is 0 Å². The third-order valence-corrected chi connectivity index (χ3v) is 4.69. The number of H-pyrrole nitrogens is 1. The lowest BCUT2D eigenvalue weighted by Crippen LogP contribution is -1.94. The molecule has 0 fully saturated rings. The number of aromatic nitrogens is 3. The van der Waals surface area contributed by atoms with Crippen molar-refractivity contribution in [1.82, 2.24) is 15.0 Å². The van der Waals surface area contributed by atoms with Gasteiger partial charge in [-0.25, -0.2) is 9.97 Å². The number of rotatable bonds is 2. The fourth-order valence-electron chi connectivity index (χ4n) is 2.94. The van der Waals surface area contributed by atoms with E-state index in [1.165, 1.54) is 11.1 Å². The van der Waals surface area contributed by atoms with Crippen molar-refractivity contribution in [2.75, 3.05) is 0 Å². The Kier molecular flexibility index (Phi) is 3.90. The molecule has 0 aliphatic rings. The van der Waals surface area contributed by atoms with Gasteiger partial charge in [0.15, 0.2) is 4.77 Å². The van der Waals surface area contributed by atoms with Gasteiger partial charge in [-0.2, -0.15) is 0 Å². The van der Waals surface area contributed by atoms with Crippen LogP contribution in [0.3, 0.4) is 0 Å². The number of nitrogens with zero attached hydrogens (tertiary/aromatic N) is 2. The Morgan fingerprint density at radius 1 is 0.880 bits per heavy atom. The molecule has 4 aromatic rings. The first-order valence-electron chi connectivity index (χ1n) is 8.15. The molecule has 25 heavy (non-hydrogen) atoms. The molecule has 0 amide bonds. The van der Waals surface area contributed by atoms with E-state index in [1.807, 2.05) is 18.2 Å². The zero-order valence-electron chi connectivity index (χ0n) is 14.1. The SMILES string of the molecule is Cc1ccc(-c2cc(-c3ccccc3)c3cnc(=S)[nH]c3n2)cc1C. The number of aromatic amines is 1. The lowest BCUT2D eigenvalue weighted by molar-refractivity contribution is 1.15. The van der Waals surface area contributed by atoms with E-state index in [4.69, 9.17) is 17.2 Å². The maximum Gasteiger partial charge on any atom is 0.198 e. The van der Waals surface area contributed by atoms with E-state index < -0.39 is 0 Å². The Morgan fingerprint density at radius 3 is 2.44 bits per heavy atom. The summed E-state index contributed by atoms with van der Waals surface area (Å²) in [7, 11) is 0. The first kappa shape index (κ1) is 15.7. The number of hydrogen-bond acceptors (Lipinski definition) is 3. The van der Waals surface area contributed by atoms with Crippen molar-refractivity contribution in [3.05, 3.63) is 76.7 Å². The largest absolute Gasteiger partial charge is 0.315 e. The number of pyridine rings is 1. The van der Waals surface area contributed by atoms with Crippen LogP contribution >= 0.6 is 12.2 Å². The third-order valence-electron chi connectivity index (χ3n) is 4.48. The van der Waals surface area contributed by atoms with Crippen molar-refractivity contribution in [2.24, 2.45) is 0 Å². The minimum absolute atomic E-state index is 0.441. The molecule has 0 radical (unpaired) electrons. The van der Waals surface area contributed by atoms with Gasteiger partial charge in [0, 0.05) is 17.1 Å². The molecule has 0 bridgehead atoms. The molecule has 122 valence electrons. The summed E-state index contributed by atoms with van der Waals surface area (Å²) in [5.41, 5.74) is 7.53. The summed E-state index contributed by atoms with van der Waals surface area (Å²) >= 11 is 5.19. The maximum atomic E-state index is 5.19. The highest BCUT2D eigenvalue weighted by Gasteiger charge is 2.11. The molecule has 0 aliphatic carbocycles. The van der Waals surface area contributed by atoms with Gasteiger partial charge in [0.2, 0.25) is 0 Å². The van der Waals surface area contributed by atoms with Gasteiger partial charge in [0.1, 0.15) is 5.65 Å². The fourth-order valence-corrected chi connectivity index (χ4v) is 3.09. The van der Waals surface area contributed by atoms with E-state index in [2.05, 4.69) is 60.2 Å². The number of nitrogens with one attached hydrogen (secondary N) is 1. The lowest BCUT2D eigenvalue weighted by atomic mass is 9.99. The van der Waals surface area contributed by atoms with Crippen LogP contribution in [0.25, 0.3) is 33.4 Å². The van der Waals surface area contributed by atoms with Crippen LogP contribution in [0.15, 0.2) is 60.8 Å². The standard InChI is InChI=1S/C21H17N3S/c1-13-8-9-16(10-14(13)2)19-11-17(15-6-4-3-5-7-15)18-12-22-21(25)24-20(18)23-19/h3-12H,1-2H3,(H,22,23,24,25). The van der Waals surface area contributed by atoms with Crippen molar-refractivity contribution >= 4 is 23.3 Å². The Morgan fingerprint density at radius 2 is 1.68 bits per heavy atom. The molecule has 2 heterocycles. The molecule has 0 saturated heterocycles. The first-order valence-corrected chi connectivity index (χ1v) is 8.56. The van der Waals surface area contributed by atoms with Crippen molar-refractivity contribution in [3.8, 4) is 22.4 Å². The average molecular weight is 343 g/mol. The van der Waals surface area contributed by atoms with Crippen LogP contribution in [0.5, 0.6) is 0 Å². The van der Waals surface area contributed by atoms with Crippen molar-refractivity contribution in [3.63, 3.8) is 0 Å². The van der Waals surface area contributed by atoms with Crippen LogP contribution in [-0.2, 0) is 0 Å². The Hall–Kier alpha value is -2.85. The lowest BCUT2D eigenvalue weighted by Gasteiger charge is -2.11. The zero-order valence-corrected chi connectivity index (χ0v) is 14.9. The molecule has 3 nitrogen and oxygen atoms in total. The normalized spacial score (nSPS) is 11.0. The van der Waals surface area contributed by atoms with Gasteiger partial charge >= 0.3 is 0 Å². The van der Waals surface area contributed by atoms with Crippen LogP contribution in [-0.4, -0.2) is 15.0 Å². The van der Waals surface area contributed by atoms with Gasteiger partial charge in [-0.15, -0.1) is 0 Å². The predicted octanol–water partition coefficient (Wildman–Crippen LogP) is 5.64. The summed E-state index contributed by atoms with van der Waals surface area (Å²) in [5, 5.41) is 0.965. The van der Waals surface area contributed by atoms with Gasteiger partial charge in [0.05, 0.1) is 5.69 Å². The highest BCUT2D eigenvalue weighted by Crippen LogP contribution is 2.31. The highest BCUT2D eigenvalue weighted by atomic mass is 32.1. The molecule has 2 aromatic carbocycles. The molecule has 0 unspecified atom stereocenters. The van der Waals surface area contributed by atoms with Gasteiger partial charge in [-0.3, -0.25) is 0 Å². The summed E-state index contributed by atoms with van der Waals surface area (Å²) in [6.07, 6.45) is 1.80. The Labute approximate surface area is 151 Å². The Balaban J connectivity index is 2.03. The summed E-state index contributed by atoms with van der Waals surface area (Å²) < 4.78 is 0.441. The molecular formula is C21H17N3S. The molecule has 1 N–H and O–H groups in total. The van der Waals surface area contributed by atoms with Gasteiger partial charge in [-0.05, 0) is 60.5 Å². The van der Waals surface area contributed by atoms with Crippen LogP contribution in [0.4, 0.5) is 0 Å². The van der Waals surface area contributed by atoms with Gasteiger partial charge < -0.3 is 4.98 Å². The maximum absolute atomic E-state index is 5.19. The van der Waals surface area contributed by atoms with Crippen molar-refractivity contribution in [2.45, 2.75) is 13.8 Å². The van der Waals surface area contributed by atoms with Gasteiger partial charge in [-0.1, -0.05) is 42.5 Å². The van der Waals surface area contributed by atoms with Crippen LogP contribution in [0.1, 0.15) is 11.1 Å². The van der Waals surface area contributed by atoms with Crippen LogP contribution in [0, 0.1) is 18.6 Å². The molecule has 4 rings (SSSR count). The minimum Gasteiger partial charge on any atom is -0.315 e. The van der Waals surface area contributed by atoms with E-state index in [-0.39, 0.29) is 0 Å². The quantitative estimate of drug-likeness (QED) is 0.479. The second kappa shape index (κ2) is 6.22. The van der Waals surface area contributed by atoms with E-state index in [9.17, 15) is 0 Å². The number of benzene rings is 2. The van der Waals surface area contributed by atoms with Crippen molar-refractivity contribution < 1.29 is 0 Å². The number of fused-ring (bicyclic) bond motifs is 1.